The van der Waals surface area contributed by atoms with E-state index in [1.54, 1.807) is 36.4 Å². The molecule has 0 bridgehead atoms. The number of alkyl halides is 3. The summed E-state index contributed by atoms with van der Waals surface area (Å²) in [6.45, 7) is 2.73. The highest BCUT2D eigenvalue weighted by Gasteiger charge is 2.38. The molecule has 124 valence electrons. The first-order chi connectivity index (χ1) is 11.5. The number of hydrogen-bond donors (Lipinski definition) is 1. The van der Waals surface area contributed by atoms with Crippen LogP contribution in [0.25, 0.3) is 11.1 Å². The van der Waals surface area contributed by atoms with Crippen molar-refractivity contribution in [1.29, 1.82) is 5.26 Å². The molecule has 1 fully saturated rings. The maximum absolute atomic E-state index is 13.5. The lowest BCUT2D eigenvalue weighted by atomic mass is 9.98. The van der Waals surface area contributed by atoms with E-state index in [1.165, 1.54) is 6.07 Å². The summed E-state index contributed by atoms with van der Waals surface area (Å²) in [6.07, 6.45) is -4.65. The van der Waals surface area contributed by atoms with Gasteiger partial charge in [-0.2, -0.15) is 18.4 Å². The zero-order valence-corrected chi connectivity index (χ0v) is 12.8. The third-order valence-corrected chi connectivity index (χ3v) is 3.92. The second kappa shape index (κ2) is 6.49. The van der Waals surface area contributed by atoms with Crippen molar-refractivity contribution in [1.82, 2.24) is 10.3 Å². The van der Waals surface area contributed by atoms with E-state index >= 15 is 0 Å². The Morgan fingerprint density at radius 1 is 1.12 bits per heavy atom. The molecule has 0 spiro atoms. The summed E-state index contributed by atoms with van der Waals surface area (Å²) in [7, 11) is 0. The Bertz CT molecular complexity index is 760. The molecule has 0 saturated carbocycles. The molecule has 4 nitrogen and oxygen atoms in total. The zero-order chi connectivity index (χ0) is 17.2. The molecule has 1 aromatic carbocycles. The highest BCUT2D eigenvalue weighted by Crippen LogP contribution is 2.40. The number of rotatable bonds is 2. The van der Waals surface area contributed by atoms with Gasteiger partial charge in [0.05, 0.1) is 5.56 Å². The van der Waals surface area contributed by atoms with Crippen molar-refractivity contribution in [3.63, 3.8) is 0 Å². The minimum absolute atomic E-state index is 0.0109. The van der Waals surface area contributed by atoms with Crippen LogP contribution in [-0.2, 0) is 6.18 Å². The SMILES string of the molecule is N#Cc1nc(N2CCNCC2)cc(-c2ccccc2)c1C(F)(F)F. The average molecular weight is 332 g/mol. The third-order valence-electron chi connectivity index (χ3n) is 3.92. The molecule has 1 aromatic heterocycles. The van der Waals surface area contributed by atoms with E-state index < -0.39 is 17.4 Å². The minimum atomic E-state index is -4.65. The number of pyridine rings is 1. The normalized spacial score (nSPS) is 15.2. The Balaban J connectivity index is 2.21. The van der Waals surface area contributed by atoms with Crippen LogP contribution in [-0.4, -0.2) is 31.2 Å². The molecule has 24 heavy (non-hydrogen) atoms. The Morgan fingerprint density at radius 2 is 1.79 bits per heavy atom. The molecule has 0 amide bonds. The van der Waals surface area contributed by atoms with Gasteiger partial charge in [0.15, 0.2) is 5.69 Å². The molecule has 0 atom stereocenters. The summed E-state index contributed by atoms with van der Waals surface area (Å²) >= 11 is 0. The van der Waals surface area contributed by atoms with Crippen molar-refractivity contribution in [2.75, 3.05) is 31.1 Å². The van der Waals surface area contributed by atoms with Crippen LogP contribution in [0.2, 0.25) is 0 Å². The number of aromatic nitrogens is 1. The fourth-order valence-electron chi connectivity index (χ4n) is 2.80. The van der Waals surface area contributed by atoms with E-state index in [1.807, 2.05) is 4.90 Å². The molecular formula is C17H15F3N4. The summed E-state index contributed by atoms with van der Waals surface area (Å²) in [5.41, 5.74) is -1.16. The van der Waals surface area contributed by atoms with Crippen LogP contribution in [0, 0.1) is 11.3 Å². The predicted octanol–water partition coefficient (Wildman–Crippen LogP) is 3.05. The average Bonchev–Trinajstić information content (AvgIpc) is 2.61. The number of nitriles is 1. The first kappa shape index (κ1) is 16.3. The molecule has 3 rings (SSSR count). The van der Waals surface area contributed by atoms with E-state index in [9.17, 15) is 18.4 Å². The number of anilines is 1. The lowest BCUT2D eigenvalue weighted by Crippen LogP contribution is -2.44. The topological polar surface area (TPSA) is 52.0 Å². The van der Waals surface area contributed by atoms with Crippen molar-refractivity contribution in [2.24, 2.45) is 0 Å². The Morgan fingerprint density at radius 3 is 2.38 bits per heavy atom. The fourth-order valence-corrected chi connectivity index (χ4v) is 2.80. The largest absolute Gasteiger partial charge is 0.419 e. The standard InChI is InChI=1S/C17H15F3N4/c18-17(19,20)16-13(12-4-2-1-3-5-12)10-15(23-14(16)11-21)24-8-6-22-7-9-24/h1-5,10,22H,6-9H2. The lowest BCUT2D eigenvalue weighted by Gasteiger charge is -2.29. The van der Waals surface area contributed by atoms with Crippen LogP contribution in [0.3, 0.4) is 0 Å². The van der Waals surface area contributed by atoms with Gasteiger partial charge in [0.1, 0.15) is 11.9 Å². The summed E-state index contributed by atoms with van der Waals surface area (Å²) in [5.74, 6) is 0.403. The van der Waals surface area contributed by atoms with E-state index in [-0.39, 0.29) is 5.56 Å². The summed E-state index contributed by atoms with van der Waals surface area (Å²) in [6, 6.07) is 11.3. The molecule has 1 saturated heterocycles. The van der Waals surface area contributed by atoms with Gasteiger partial charge < -0.3 is 10.2 Å². The van der Waals surface area contributed by atoms with Gasteiger partial charge in [-0.15, -0.1) is 0 Å². The molecule has 1 aliphatic rings. The van der Waals surface area contributed by atoms with Crippen LogP contribution in [0.15, 0.2) is 36.4 Å². The predicted molar refractivity (Wildman–Crippen MR) is 84.5 cm³/mol. The number of nitrogens with one attached hydrogen (secondary N) is 1. The molecular weight excluding hydrogens is 317 g/mol. The minimum Gasteiger partial charge on any atom is -0.354 e. The van der Waals surface area contributed by atoms with Crippen molar-refractivity contribution in [3.8, 4) is 17.2 Å². The number of hydrogen-bond acceptors (Lipinski definition) is 4. The Labute approximate surface area is 137 Å². The van der Waals surface area contributed by atoms with Gasteiger partial charge >= 0.3 is 6.18 Å². The third kappa shape index (κ3) is 3.19. The molecule has 1 aliphatic heterocycles. The Hall–Kier alpha value is -2.59. The van der Waals surface area contributed by atoms with Gasteiger partial charge in [0, 0.05) is 31.7 Å². The van der Waals surface area contributed by atoms with E-state index in [2.05, 4.69) is 10.3 Å². The summed E-state index contributed by atoms with van der Waals surface area (Å²) < 4.78 is 40.6. The van der Waals surface area contributed by atoms with Gasteiger partial charge in [0.25, 0.3) is 0 Å². The van der Waals surface area contributed by atoms with Crippen LogP contribution in [0.1, 0.15) is 11.3 Å². The van der Waals surface area contributed by atoms with Crippen molar-refractivity contribution in [3.05, 3.63) is 47.7 Å². The molecule has 0 radical (unpaired) electrons. The van der Waals surface area contributed by atoms with Gasteiger partial charge in [0.2, 0.25) is 0 Å². The van der Waals surface area contributed by atoms with Crippen LogP contribution >= 0.6 is 0 Å². The molecule has 0 unspecified atom stereocenters. The van der Waals surface area contributed by atoms with E-state index in [0.29, 0.717) is 24.5 Å². The molecule has 7 heteroatoms. The number of piperazine rings is 1. The highest BCUT2D eigenvalue weighted by molar-refractivity contribution is 5.73. The molecule has 0 aliphatic carbocycles. The highest BCUT2D eigenvalue weighted by atomic mass is 19.4. The van der Waals surface area contributed by atoms with E-state index in [0.717, 1.165) is 13.1 Å². The first-order valence-electron chi connectivity index (χ1n) is 7.54. The van der Waals surface area contributed by atoms with Crippen LogP contribution in [0.5, 0.6) is 0 Å². The smallest absolute Gasteiger partial charge is 0.354 e. The summed E-state index contributed by atoms with van der Waals surface area (Å²) in [5, 5.41) is 12.4. The molecule has 2 aromatic rings. The van der Waals surface area contributed by atoms with Crippen molar-refractivity contribution < 1.29 is 13.2 Å². The number of benzene rings is 1. The maximum atomic E-state index is 13.5. The Kier molecular flexibility index (Phi) is 4.40. The maximum Gasteiger partial charge on any atom is 0.419 e. The van der Waals surface area contributed by atoms with Gasteiger partial charge in [-0.1, -0.05) is 30.3 Å². The van der Waals surface area contributed by atoms with Crippen LogP contribution < -0.4 is 10.2 Å². The van der Waals surface area contributed by atoms with Crippen molar-refractivity contribution >= 4 is 5.82 Å². The second-order valence-electron chi connectivity index (χ2n) is 5.46. The first-order valence-corrected chi connectivity index (χ1v) is 7.54. The van der Waals surface area contributed by atoms with Crippen LogP contribution in [0.4, 0.5) is 19.0 Å². The second-order valence-corrected chi connectivity index (χ2v) is 5.46. The number of nitrogens with zero attached hydrogens (tertiary/aromatic N) is 3. The van der Waals surface area contributed by atoms with Crippen molar-refractivity contribution in [2.45, 2.75) is 6.18 Å². The van der Waals surface area contributed by atoms with Gasteiger partial charge in [-0.3, -0.25) is 0 Å². The van der Waals surface area contributed by atoms with Gasteiger partial charge in [-0.25, -0.2) is 4.98 Å². The molecule has 2 heterocycles. The molecule has 1 N–H and O–H groups in total. The summed E-state index contributed by atoms with van der Waals surface area (Å²) in [4.78, 5) is 5.88. The monoisotopic (exact) mass is 332 g/mol. The fraction of sp³-hybridized carbons (Fsp3) is 0.294. The van der Waals surface area contributed by atoms with Gasteiger partial charge in [-0.05, 0) is 11.6 Å². The number of halogens is 3. The lowest BCUT2D eigenvalue weighted by molar-refractivity contribution is -0.137. The zero-order valence-electron chi connectivity index (χ0n) is 12.8. The quantitative estimate of drug-likeness (QED) is 0.918. The van der Waals surface area contributed by atoms with E-state index in [4.69, 9.17) is 0 Å².